The summed E-state index contributed by atoms with van der Waals surface area (Å²) in [4.78, 5) is 33.4. The SMILES string of the molecule is C=CC(=O)OCCCOC(=O)c1ccccc1C(=O)O.[H-].[Na+]. The Labute approximate surface area is 145 Å². The number of carbonyl (C=O) groups is 3. The van der Waals surface area contributed by atoms with Crippen molar-refractivity contribution in [2.24, 2.45) is 0 Å². The first kappa shape index (κ1) is 19.4. The first-order valence-corrected chi connectivity index (χ1v) is 5.85. The van der Waals surface area contributed by atoms with Gasteiger partial charge in [0.2, 0.25) is 0 Å². The molecule has 0 amide bonds. The number of carboxylic acids is 1. The fourth-order valence-electron chi connectivity index (χ4n) is 1.38. The Balaban J connectivity index is 0. The number of carbonyl (C=O) groups excluding carboxylic acids is 2. The number of ether oxygens (including phenoxy) is 2. The van der Waals surface area contributed by atoms with Crippen LogP contribution in [-0.2, 0) is 14.3 Å². The molecule has 1 rings (SSSR count). The maximum atomic E-state index is 11.7. The smallest absolute Gasteiger partial charge is 1.00 e. The molecule has 0 aliphatic rings. The van der Waals surface area contributed by atoms with E-state index >= 15 is 0 Å². The number of rotatable bonds is 7. The summed E-state index contributed by atoms with van der Waals surface area (Å²) in [5, 5.41) is 8.94. The molecular weight excluding hydrogens is 287 g/mol. The number of benzene rings is 1. The van der Waals surface area contributed by atoms with Gasteiger partial charge in [0.1, 0.15) is 0 Å². The van der Waals surface area contributed by atoms with Crippen LogP contribution in [0.25, 0.3) is 0 Å². The molecule has 0 unspecified atom stereocenters. The first-order chi connectivity index (χ1) is 9.56. The molecule has 0 atom stereocenters. The molecule has 0 bridgehead atoms. The van der Waals surface area contributed by atoms with Gasteiger partial charge in [-0.2, -0.15) is 0 Å². The fraction of sp³-hybridized carbons (Fsp3) is 0.214. The molecule has 0 fully saturated rings. The zero-order valence-electron chi connectivity index (χ0n) is 12.7. The predicted octanol–water partition coefficient (Wildman–Crippen LogP) is -1.22. The van der Waals surface area contributed by atoms with Crippen molar-refractivity contribution in [2.45, 2.75) is 6.42 Å². The maximum absolute atomic E-state index is 11.7. The summed E-state index contributed by atoms with van der Waals surface area (Å²) < 4.78 is 9.61. The predicted molar refractivity (Wildman–Crippen MR) is 70.6 cm³/mol. The second kappa shape index (κ2) is 10.1. The zero-order chi connectivity index (χ0) is 15.0. The average Bonchev–Trinajstić information content (AvgIpc) is 2.46. The molecule has 0 aliphatic heterocycles. The Kier molecular flexibility index (Phi) is 9.36. The summed E-state index contributed by atoms with van der Waals surface area (Å²) in [5.74, 6) is -2.47. The average molecular weight is 302 g/mol. The van der Waals surface area contributed by atoms with Gasteiger partial charge in [-0.05, 0) is 12.1 Å². The molecule has 0 saturated carbocycles. The van der Waals surface area contributed by atoms with Crippen LogP contribution in [0, 0.1) is 0 Å². The van der Waals surface area contributed by atoms with Crippen molar-refractivity contribution in [1.29, 1.82) is 0 Å². The van der Waals surface area contributed by atoms with Gasteiger partial charge < -0.3 is 16.0 Å². The molecule has 1 aromatic carbocycles. The van der Waals surface area contributed by atoms with Crippen molar-refractivity contribution in [3.8, 4) is 0 Å². The third-order valence-corrected chi connectivity index (χ3v) is 2.31. The third-order valence-electron chi connectivity index (χ3n) is 2.31. The minimum Gasteiger partial charge on any atom is -1.00 e. The van der Waals surface area contributed by atoms with Crippen molar-refractivity contribution >= 4 is 17.9 Å². The summed E-state index contributed by atoms with van der Waals surface area (Å²) in [6.45, 7) is 3.36. The van der Waals surface area contributed by atoms with Crippen LogP contribution in [0.1, 0.15) is 28.6 Å². The molecule has 21 heavy (non-hydrogen) atoms. The summed E-state index contributed by atoms with van der Waals surface area (Å²) in [6.07, 6.45) is 1.36. The van der Waals surface area contributed by atoms with E-state index in [1.54, 1.807) is 6.07 Å². The molecule has 0 aromatic heterocycles. The van der Waals surface area contributed by atoms with Crippen LogP contribution in [0.2, 0.25) is 0 Å². The molecule has 6 nitrogen and oxygen atoms in total. The topological polar surface area (TPSA) is 89.9 Å². The van der Waals surface area contributed by atoms with Crippen LogP contribution in [0.15, 0.2) is 36.9 Å². The van der Waals surface area contributed by atoms with Gasteiger partial charge in [-0.3, -0.25) is 0 Å². The Hall–Kier alpha value is -1.63. The van der Waals surface area contributed by atoms with Crippen molar-refractivity contribution in [3.05, 3.63) is 48.0 Å². The monoisotopic (exact) mass is 302 g/mol. The first-order valence-electron chi connectivity index (χ1n) is 5.85. The van der Waals surface area contributed by atoms with Gasteiger partial charge in [0, 0.05) is 12.5 Å². The van der Waals surface area contributed by atoms with Gasteiger partial charge in [0.15, 0.2) is 0 Å². The van der Waals surface area contributed by atoms with Crippen LogP contribution in [0.3, 0.4) is 0 Å². The Morgan fingerprint density at radius 2 is 1.71 bits per heavy atom. The van der Waals surface area contributed by atoms with E-state index in [2.05, 4.69) is 6.58 Å². The Morgan fingerprint density at radius 3 is 2.29 bits per heavy atom. The molecule has 0 radical (unpaired) electrons. The van der Waals surface area contributed by atoms with Gasteiger partial charge in [-0.15, -0.1) is 0 Å². The van der Waals surface area contributed by atoms with E-state index in [4.69, 9.17) is 14.6 Å². The molecule has 1 aromatic rings. The Bertz CT molecular complexity index is 532. The standard InChI is InChI=1S/C14H14O6.Na.H/c1-2-12(15)19-8-5-9-20-14(18)11-7-4-3-6-10(11)13(16)17;;/h2-4,6-7H,1,5,8-9H2,(H,16,17);;/q;+1;-1. The largest absolute Gasteiger partial charge is 1.00 e. The molecule has 0 aliphatic carbocycles. The number of carboxylic acid groups (broad SMARTS) is 1. The molecule has 0 saturated heterocycles. The quantitative estimate of drug-likeness (QED) is 0.294. The van der Waals surface area contributed by atoms with Crippen molar-refractivity contribution in [1.82, 2.24) is 0 Å². The number of esters is 2. The van der Waals surface area contributed by atoms with Crippen LogP contribution >= 0.6 is 0 Å². The van der Waals surface area contributed by atoms with Crippen LogP contribution in [0.4, 0.5) is 0 Å². The summed E-state index contributed by atoms with van der Waals surface area (Å²) in [6, 6.07) is 5.78. The molecule has 7 heteroatoms. The Morgan fingerprint density at radius 1 is 1.14 bits per heavy atom. The van der Waals surface area contributed by atoms with Gasteiger partial charge >= 0.3 is 47.5 Å². The van der Waals surface area contributed by atoms with E-state index in [1.165, 1.54) is 18.2 Å². The normalized spacial score (nSPS) is 9.14. The molecule has 108 valence electrons. The second-order valence-corrected chi connectivity index (χ2v) is 3.71. The van der Waals surface area contributed by atoms with E-state index in [1.807, 2.05) is 0 Å². The van der Waals surface area contributed by atoms with Crippen molar-refractivity contribution in [3.63, 3.8) is 0 Å². The minimum absolute atomic E-state index is 0. The fourth-order valence-corrected chi connectivity index (χ4v) is 1.38. The summed E-state index contributed by atoms with van der Waals surface area (Å²) >= 11 is 0. The van der Waals surface area contributed by atoms with E-state index in [9.17, 15) is 14.4 Å². The van der Waals surface area contributed by atoms with Gasteiger partial charge in [-0.1, -0.05) is 18.7 Å². The zero-order valence-corrected chi connectivity index (χ0v) is 13.7. The van der Waals surface area contributed by atoms with Crippen molar-refractivity contribution < 1.29 is 59.9 Å². The summed E-state index contributed by atoms with van der Waals surface area (Å²) in [7, 11) is 0. The van der Waals surface area contributed by atoms with E-state index in [0.29, 0.717) is 6.42 Å². The van der Waals surface area contributed by atoms with E-state index in [-0.39, 0.29) is 55.3 Å². The van der Waals surface area contributed by atoms with Crippen LogP contribution in [0.5, 0.6) is 0 Å². The molecular formula is C14H15NaO6. The van der Waals surface area contributed by atoms with Crippen molar-refractivity contribution in [2.75, 3.05) is 13.2 Å². The number of hydrogen-bond acceptors (Lipinski definition) is 5. The summed E-state index contributed by atoms with van der Waals surface area (Å²) in [5.41, 5.74) is -0.126. The second-order valence-electron chi connectivity index (χ2n) is 3.71. The maximum Gasteiger partial charge on any atom is 1.00 e. The molecule has 1 N–H and O–H groups in total. The van der Waals surface area contributed by atoms with E-state index in [0.717, 1.165) is 6.08 Å². The van der Waals surface area contributed by atoms with Gasteiger partial charge in [-0.25, -0.2) is 14.4 Å². The number of hydrogen-bond donors (Lipinski definition) is 1. The van der Waals surface area contributed by atoms with E-state index < -0.39 is 17.9 Å². The minimum atomic E-state index is -1.20. The van der Waals surface area contributed by atoms with Crippen LogP contribution < -0.4 is 29.6 Å². The van der Waals surface area contributed by atoms with Gasteiger partial charge in [0.05, 0.1) is 24.3 Å². The van der Waals surface area contributed by atoms with Gasteiger partial charge in [0.25, 0.3) is 0 Å². The number of aromatic carboxylic acids is 1. The van der Waals surface area contributed by atoms with Crippen LogP contribution in [-0.4, -0.2) is 36.2 Å². The third kappa shape index (κ3) is 6.57. The molecule has 0 spiro atoms. The molecule has 0 heterocycles.